The Morgan fingerprint density at radius 2 is 2.00 bits per heavy atom. The molecule has 0 aromatic heterocycles. The van der Waals surface area contributed by atoms with E-state index in [9.17, 15) is 13.6 Å². The smallest absolute Gasteiger partial charge is 0.404 e. The van der Waals surface area contributed by atoms with Crippen molar-refractivity contribution in [2.45, 2.75) is 37.7 Å². The molecule has 3 N–H and O–H groups in total. The Hall–Kier alpha value is -0.910. The second-order valence-electron chi connectivity index (χ2n) is 3.85. The number of nitrogens with two attached hydrogens (primary N) is 1. The van der Waals surface area contributed by atoms with Gasteiger partial charge in [0.2, 0.25) is 0 Å². The van der Waals surface area contributed by atoms with Crippen LogP contribution in [0.4, 0.5) is 13.6 Å². The Morgan fingerprint density at radius 1 is 1.47 bits per heavy atom. The molecule has 1 amide bonds. The van der Waals surface area contributed by atoms with Crippen LogP contribution in [0, 0.1) is 5.92 Å². The predicted molar refractivity (Wildman–Crippen MR) is 48.7 cm³/mol. The number of primary amides is 1. The number of ether oxygens (including phenoxy) is 1. The molecule has 0 bridgehead atoms. The summed E-state index contributed by atoms with van der Waals surface area (Å²) in [6.45, 7) is -0.382. The summed E-state index contributed by atoms with van der Waals surface area (Å²) in [7, 11) is 0. The van der Waals surface area contributed by atoms with Crippen LogP contribution in [-0.4, -0.2) is 36.3 Å². The van der Waals surface area contributed by atoms with Crippen molar-refractivity contribution in [2.24, 2.45) is 11.7 Å². The number of carbonyl (C=O) groups excluding carboxylic acids is 1. The molecular weight excluding hydrogens is 208 g/mol. The molecule has 0 aromatic rings. The SMILES string of the molecule is NC(=O)O[C@H](CO)CC1C[C@H](F)[C@@H](F)C1. The average molecular weight is 223 g/mol. The Balaban J connectivity index is 2.36. The molecule has 0 radical (unpaired) electrons. The minimum Gasteiger partial charge on any atom is -0.444 e. The summed E-state index contributed by atoms with van der Waals surface area (Å²) in [4.78, 5) is 10.4. The number of hydrogen-bond acceptors (Lipinski definition) is 3. The molecule has 15 heavy (non-hydrogen) atoms. The summed E-state index contributed by atoms with van der Waals surface area (Å²) in [5.41, 5.74) is 4.78. The van der Waals surface area contributed by atoms with Crippen LogP contribution in [0.15, 0.2) is 0 Å². The molecule has 1 rings (SSSR count). The average Bonchev–Trinajstić information content (AvgIpc) is 2.44. The summed E-state index contributed by atoms with van der Waals surface area (Å²) >= 11 is 0. The van der Waals surface area contributed by atoms with E-state index in [1.807, 2.05) is 0 Å². The van der Waals surface area contributed by atoms with Crippen LogP contribution in [0.1, 0.15) is 19.3 Å². The van der Waals surface area contributed by atoms with E-state index in [2.05, 4.69) is 4.74 Å². The van der Waals surface area contributed by atoms with Crippen molar-refractivity contribution >= 4 is 6.09 Å². The third kappa shape index (κ3) is 3.62. The van der Waals surface area contributed by atoms with Gasteiger partial charge in [0.1, 0.15) is 18.4 Å². The maximum atomic E-state index is 12.8. The highest BCUT2D eigenvalue weighted by atomic mass is 19.2. The molecule has 3 atom stereocenters. The summed E-state index contributed by atoms with van der Waals surface area (Å²) in [5, 5.41) is 8.85. The normalized spacial score (nSPS) is 29.0. The van der Waals surface area contributed by atoms with Crippen molar-refractivity contribution in [3.8, 4) is 0 Å². The van der Waals surface area contributed by atoms with Crippen molar-refractivity contribution in [2.75, 3.05) is 6.61 Å². The minimum absolute atomic E-state index is 0.111. The topological polar surface area (TPSA) is 72.6 Å². The van der Waals surface area contributed by atoms with Gasteiger partial charge in [0.25, 0.3) is 0 Å². The molecule has 0 unspecified atom stereocenters. The zero-order valence-corrected chi connectivity index (χ0v) is 8.23. The van der Waals surface area contributed by atoms with Gasteiger partial charge in [0.05, 0.1) is 6.61 Å². The van der Waals surface area contributed by atoms with Gasteiger partial charge < -0.3 is 15.6 Å². The quantitative estimate of drug-likeness (QED) is 0.744. The number of amides is 1. The molecule has 0 heterocycles. The molecule has 6 heteroatoms. The highest BCUT2D eigenvalue weighted by Crippen LogP contribution is 2.33. The molecule has 1 saturated carbocycles. The van der Waals surface area contributed by atoms with Crippen LogP contribution in [0.3, 0.4) is 0 Å². The van der Waals surface area contributed by atoms with E-state index < -0.39 is 24.5 Å². The number of carbonyl (C=O) groups is 1. The van der Waals surface area contributed by atoms with Gasteiger partial charge in [-0.1, -0.05) is 0 Å². The second-order valence-corrected chi connectivity index (χ2v) is 3.85. The molecule has 0 saturated heterocycles. The molecule has 1 aliphatic carbocycles. The van der Waals surface area contributed by atoms with E-state index in [1.165, 1.54) is 0 Å². The van der Waals surface area contributed by atoms with Gasteiger partial charge in [0.15, 0.2) is 0 Å². The van der Waals surface area contributed by atoms with E-state index in [1.54, 1.807) is 0 Å². The third-order valence-corrected chi connectivity index (χ3v) is 2.59. The number of rotatable bonds is 4. The number of hydrogen-bond donors (Lipinski definition) is 2. The van der Waals surface area contributed by atoms with Crippen molar-refractivity contribution in [1.29, 1.82) is 0 Å². The third-order valence-electron chi connectivity index (χ3n) is 2.59. The van der Waals surface area contributed by atoms with Crippen molar-refractivity contribution in [1.82, 2.24) is 0 Å². The molecule has 0 spiro atoms. The number of aliphatic hydroxyl groups is 1. The monoisotopic (exact) mass is 223 g/mol. The minimum atomic E-state index is -1.44. The first-order valence-corrected chi connectivity index (χ1v) is 4.88. The fraction of sp³-hybridized carbons (Fsp3) is 0.889. The molecule has 0 aromatic carbocycles. The lowest BCUT2D eigenvalue weighted by atomic mass is 10.0. The number of halogens is 2. The first-order chi connectivity index (χ1) is 7.02. The van der Waals surface area contributed by atoms with Gasteiger partial charge in [-0.15, -0.1) is 0 Å². The van der Waals surface area contributed by atoms with E-state index in [-0.39, 0.29) is 31.8 Å². The Kier molecular flexibility index (Phi) is 4.26. The van der Waals surface area contributed by atoms with Crippen LogP contribution >= 0.6 is 0 Å². The largest absolute Gasteiger partial charge is 0.444 e. The van der Waals surface area contributed by atoms with Crippen LogP contribution < -0.4 is 5.73 Å². The first-order valence-electron chi connectivity index (χ1n) is 4.88. The molecule has 4 nitrogen and oxygen atoms in total. The van der Waals surface area contributed by atoms with Crippen molar-refractivity contribution in [3.63, 3.8) is 0 Å². The lowest BCUT2D eigenvalue weighted by Crippen LogP contribution is -2.27. The zero-order valence-electron chi connectivity index (χ0n) is 8.23. The maximum Gasteiger partial charge on any atom is 0.404 e. The van der Waals surface area contributed by atoms with E-state index in [0.717, 1.165) is 0 Å². The van der Waals surface area contributed by atoms with Crippen molar-refractivity contribution < 1.29 is 23.4 Å². The maximum absolute atomic E-state index is 12.8. The van der Waals surface area contributed by atoms with Crippen LogP contribution in [-0.2, 0) is 4.74 Å². The Labute approximate surface area is 86.4 Å². The van der Waals surface area contributed by atoms with Crippen molar-refractivity contribution in [3.05, 3.63) is 0 Å². The zero-order chi connectivity index (χ0) is 11.4. The summed E-state index contributed by atoms with van der Waals surface area (Å²) < 4.78 is 30.2. The highest BCUT2D eigenvalue weighted by molar-refractivity contribution is 5.64. The molecule has 88 valence electrons. The summed E-state index contributed by atoms with van der Waals surface area (Å²) in [5.74, 6) is -0.202. The van der Waals surface area contributed by atoms with E-state index >= 15 is 0 Å². The van der Waals surface area contributed by atoms with Gasteiger partial charge in [-0.2, -0.15) is 0 Å². The molecule has 1 fully saturated rings. The molecular formula is C9H15F2NO3. The lowest BCUT2D eigenvalue weighted by Gasteiger charge is -2.17. The lowest BCUT2D eigenvalue weighted by molar-refractivity contribution is 0.0481. The highest BCUT2D eigenvalue weighted by Gasteiger charge is 2.35. The first kappa shape index (κ1) is 12.2. The Bertz CT molecular complexity index is 217. The van der Waals surface area contributed by atoms with Crippen LogP contribution in [0.5, 0.6) is 0 Å². The van der Waals surface area contributed by atoms with Crippen LogP contribution in [0.25, 0.3) is 0 Å². The van der Waals surface area contributed by atoms with Gasteiger partial charge in [-0.25, -0.2) is 13.6 Å². The fourth-order valence-electron chi connectivity index (χ4n) is 1.92. The van der Waals surface area contributed by atoms with Gasteiger partial charge >= 0.3 is 6.09 Å². The van der Waals surface area contributed by atoms with E-state index in [4.69, 9.17) is 10.8 Å². The van der Waals surface area contributed by atoms with Crippen LogP contribution in [0.2, 0.25) is 0 Å². The van der Waals surface area contributed by atoms with E-state index in [0.29, 0.717) is 0 Å². The number of aliphatic hydroxyl groups excluding tert-OH is 1. The van der Waals surface area contributed by atoms with Gasteiger partial charge in [-0.05, 0) is 25.2 Å². The summed E-state index contributed by atoms with van der Waals surface area (Å²) in [6.07, 6.45) is -4.16. The van der Waals surface area contributed by atoms with Gasteiger partial charge in [0, 0.05) is 0 Å². The second kappa shape index (κ2) is 5.25. The van der Waals surface area contributed by atoms with Gasteiger partial charge in [-0.3, -0.25) is 0 Å². The molecule has 1 aliphatic rings. The Morgan fingerprint density at radius 3 is 2.40 bits per heavy atom. The fourth-order valence-corrected chi connectivity index (χ4v) is 1.92. The predicted octanol–water partition coefficient (Wildman–Crippen LogP) is 0.919. The standard InChI is InChI=1S/C9H15F2NO3/c10-7-2-5(3-8(7)11)1-6(4-13)15-9(12)14/h5-8,13H,1-4H2,(H2,12,14)/t6-,7-,8-/m0/s1. The summed E-state index contributed by atoms with van der Waals surface area (Å²) in [6, 6.07) is 0. The number of alkyl halides is 2. The molecule has 0 aliphatic heterocycles.